The summed E-state index contributed by atoms with van der Waals surface area (Å²) in [5.74, 6) is 2.63. The molecule has 0 spiro atoms. The van der Waals surface area contributed by atoms with Crippen LogP contribution in [-0.4, -0.2) is 37.1 Å². The van der Waals surface area contributed by atoms with Gasteiger partial charge in [-0.05, 0) is 87.5 Å². The Hall–Kier alpha value is -0.860. The van der Waals surface area contributed by atoms with Crippen molar-refractivity contribution in [1.82, 2.24) is 10.2 Å². The van der Waals surface area contributed by atoms with E-state index in [0.29, 0.717) is 0 Å². The Labute approximate surface area is 141 Å². The lowest BCUT2D eigenvalue weighted by Crippen LogP contribution is -2.29. The SMILES string of the molecule is C[C@@H]1CCCN1CCc1ccc(C2CCC[C@H]3CNCC23)cc1. The molecule has 2 heterocycles. The molecule has 2 saturated heterocycles. The fraction of sp³-hybridized carbons (Fsp3) is 0.714. The molecule has 2 heteroatoms. The predicted octanol–water partition coefficient (Wildman–Crippen LogP) is 3.82. The van der Waals surface area contributed by atoms with E-state index < -0.39 is 0 Å². The molecule has 2 nitrogen and oxygen atoms in total. The second-order valence-corrected chi connectivity index (χ2v) is 8.14. The average molecular weight is 313 g/mol. The van der Waals surface area contributed by atoms with Crippen LogP contribution in [-0.2, 0) is 6.42 Å². The minimum Gasteiger partial charge on any atom is -0.316 e. The first-order chi connectivity index (χ1) is 11.3. The van der Waals surface area contributed by atoms with Crippen LogP contribution in [0.25, 0.3) is 0 Å². The summed E-state index contributed by atoms with van der Waals surface area (Å²) < 4.78 is 0. The Morgan fingerprint density at radius 1 is 1.04 bits per heavy atom. The molecule has 4 atom stereocenters. The lowest BCUT2D eigenvalue weighted by atomic mass is 9.71. The van der Waals surface area contributed by atoms with Crippen molar-refractivity contribution in [1.29, 1.82) is 0 Å². The van der Waals surface area contributed by atoms with Crippen molar-refractivity contribution in [2.24, 2.45) is 11.8 Å². The lowest BCUT2D eigenvalue weighted by molar-refractivity contribution is 0.258. The number of likely N-dealkylation sites (tertiary alicyclic amines) is 1. The number of nitrogens with zero attached hydrogens (tertiary/aromatic N) is 1. The monoisotopic (exact) mass is 312 g/mol. The quantitative estimate of drug-likeness (QED) is 0.909. The number of nitrogens with one attached hydrogen (secondary N) is 1. The van der Waals surface area contributed by atoms with Crippen molar-refractivity contribution in [3.63, 3.8) is 0 Å². The van der Waals surface area contributed by atoms with Gasteiger partial charge in [0.1, 0.15) is 0 Å². The van der Waals surface area contributed by atoms with Crippen LogP contribution in [0.4, 0.5) is 0 Å². The van der Waals surface area contributed by atoms with Crippen LogP contribution in [0.1, 0.15) is 56.1 Å². The number of fused-ring (bicyclic) bond motifs is 1. The molecule has 2 unspecified atom stereocenters. The van der Waals surface area contributed by atoms with Crippen LogP contribution in [0.15, 0.2) is 24.3 Å². The van der Waals surface area contributed by atoms with Crippen LogP contribution in [0.2, 0.25) is 0 Å². The van der Waals surface area contributed by atoms with E-state index >= 15 is 0 Å². The van der Waals surface area contributed by atoms with Crippen molar-refractivity contribution in [2.45, 2.75) is 57.4 Å². The largest absolute Gasteiger partial charge is 0.316 e. The molecule has 2 aliphatic heterocycles. The molecule has 1 N–H and O–H groups in total. The third-order valence-corrected chi connectivity index (χ3v) is 6.79. The minimum atomic E-state index is 0.795. The molecule has 1 aromatic rings. The highest BCUT2D eigenvalue weighted by molar-refractivity contribution is 5.27. The summed E-state index contributed by atoms with van der Waals surface area (Å²) in [6.45, 7) is 7.42. The van der Waals surface area contributed by atoms with Gasteiger partial charge in [-0.25, -0.2) is 0 Å². The normalized spacial score (nSPS) is 34.7. The van der Waals surface area contributed by atoms with Crippen LogP contribution in [0.3, 0.4) is 0 Å². The van der Waals surface area contributed by atoms with Gasteiger partial charge in [0.15, 0.2) is 0 Å². The zero-order valence-electron chi connectivity index (χ0n) is 14.6. The van der Waals surface area contributed by atoms with E-state index in [1.807, 2.05) is 0 Å². The maximum atomic E-state index is 3.63. The van der Waals surface area contributed by atoms with Gasteiger partial charge in [0.25, 0.3) is 0 Å². The Morgan fingerprint density at radius 2 is 1.91 bits per heavy atom. The molecule has 1 aromatic carbocycles. The molecule has 0 aromatic heterocycles. The first-order valence-corrected chi connectivity index (χ1v) is 9.85. The number of benzene rings is 1. The van der Waals surface area contributed by atoms with Gasteiger partial charge in [-0.2, -0.15) is 0 Å². The van der Waals surface area contributed by atoms with E-state index in [-0.39, 0.29) is 0 Å². The topological polar surface area (TPSA) is 15.3 Å². The van der Waals surface area contributed by atoms with Gasteiger partial charge in [-0.3, -0.25) is 0 Å². The van der Waals surface area contributed by atoms with Crippen molar-refractivity contribution in [3.8, 4) is 0 Å². The molecule has 1 saturated carbocycles. The fourth-order valence-electron chi connectivity index (χ4n) is 5.30. The van der Waals surface area contributed by atoms with Gasteiger partial charge >= 0.3 is 0 Å². The highest BCUT2D eigenvalue weighted by Gasteiger charge is 2.36. The minimum absolute atomic E-state index is 0.795. The highest BCUT2D eigenvalue weighted by atomic mass is 15.2. The molecule has 3 aliphatic rings. The van der Waals surface area contributed by atoms with Gasteiger partial charge in [0, 0.05) is 12.6 Å². The summed E-state index contributed by atoms with van der Waals surface area (Å²) in [5.41, 5.74) is 3.12. The van der Waals surface area contributed by atoms with Crippen LogP contribution in [0, 0.1) is 11.8 Å². The van der Waals surface area contributed by atoms with E-state index in [4.69, 9.17) is 0 Å². The van der Waals surface area contributed by atoms with Gasteiger partial charge in [-0.1, -0.05) is 30.7 Å². The Balaban J connectivity index is 1.37. The molecule has 3 fully saturated rings. The molecule has 126 valence electrons. The van der Waals surface area contributed by atoms with Crippen molar-refractivity contribution < 1.29 is 0 Å². The molecule has 1 aliphatic carbocycles. The zero-order valence-corrected chi connectivity index (χ0v) is 14.6. The van der Waals surface area contributed by atoms with Gasteiger partial charge < -0.3 is 10.2 Å². The Morgan fingerprint density at radius 3 is 2.70 bits per heavy atom. The smallest absolute Gasteiger partial charge is 0.00675 e. The second-order valence-electron chi connectivity index (χ2n) is 8.14. The predicted molar refractivity (Wildman–Crippen MR) is 96.9 cm³/mol. The molecule has 0 bridgehead atoms. The number of rotatable bonds is 4. The molecule has 0 radical (unpaired) electrons. The number of hydrogen-bond acceptors (Lipinski definition) is 2. The van der Waals surface area contributed by atoms with Gasteiger partial charge in [0.05, 0.1) is 0 Å². The zero-order chi connectivity index (χ0) is 15.6. The summed E-state index contributed by atoms with van der Waals surface area (Å²) in [6, 6.07) is 10.5. The fourth-order valence-corrected chi connectivity index (χ4v) is 5.30. The summed E-state index contributed by atoms with van der Waals surface area (Å²) in [4.78, 5) is 2.66. The van der Waals surface area contributed by atoms with Crippen LogP contribution < -0.4 is 5.32 Å². The van der Waals surface area contributed by atoms with Crippen LogP contribution >= 0.6 is 0 Å². The van der Waals surface area contributed by atoms with Crippen molar-refractivity contribution in [3.05, 3.63) is 35.4 Å². The van der Waals surface area contributed by atoms with Gasteiger partial charge in [-0.15, -0.1) is 0 Å². The van der Waals surface area contributed by atoms with Crippen molar-refractivity contribution >= 4 is 0 Å². The molecular weight excluding hydrogens is 280 g/mol. The molecule has 0 amide bonds. The molecule has 23 heavy (non-hydrogen) atoms. The third kappa shape index (κ3) is 3.34. The van der Waals surface area contributed by atoms with Gasteiger partial charge in [0.2, 0.25) is 0 Å². The maximum absolute atomic E-state index is 3.63. The van der Waals surface area contributed by atoms with E-state index in [9.17, 15) is 0 Å². The summed E-state index contributed by atoms with van der Waals surface area (Å²) >= 11 is 0. The standard InChI is InChI=1S/C21H32N2/c1-16-4-3-12-23(16)13-11-17-7-9-18(10-8-17)20-6-2-5-19-14-22-15-21(19)20/h7-10,16,19-22H,2-6,11-15H2,1H3/t16-,19+,20?,21?/m1/s1. The van der Waals surface area contributed by atoms with E-state index in [0.717, 1.165) is 23.8 Å². The summed E-state index contributed by atoms with van der Waals surface area (Å²) in [6.07, 6.45) is 8.24. The van der Waals surface area contributed by atoms with Crippen LogP contribution in [0.5, 0.6) is 0 Å². The van der Waals surface area contributed by atoms with E-state index in [1.54, 1.807) is 5.56 Å². The number of hydrogen-bond donors (Lipinski definition) is 1. The lowest BCUT2D eigenvalue weighted by Gasteiger charge is -2.33. The van der Waals surface area contributed by atoms with E-state index in [2.05, 4.69) is 41.4 Å². The van der Waals surface area contributed by atoms with E-state index in [1.165, 1.54) is 70.3 Å². The Kier molecular flexibility index (Phi) is 4.73. The first kappa shape index (κ1) is 15.7. The first-order valence-electron chi connectivity index (χ1n) is 9.85. The maximum Gasteiger partial charge on any atom is 0.00675 e. The second kappa shape index (κ2) is 6.94. The highest BCUT2D eigenvalue weighted by Crippen LogP contribution is 2.42. The molecular formula is C21H32N2. The average Bonchev–Trinajstić information content (AvgIpc) is 3.22. The summed E-state index contributed by atoms with van der Waals surface area (Å²) in [5, 5.41) is 3.63. The third-order valence-electron chi connectivity index (χ3n) is 6.79. The molecule has 4 rings (SSSR count). The van der Waals surface area contributed by atoms with Crippen molar-refractivity contribution in [2.75, 3.05) is 26.2 Å². The summed E-state index contributed by atoms with van der Waals surface area (Å²) in [7, 11) is 0. The Bertz CT molecular complexity index is 509.